The number of allylic oxidation sites excluding steroid dienone is 4. The van der Waals surface area contributed by atoms with Gasteiger partial charge in [-0.15, -0.1) is 22.1 Å². The van der Waals surface area contributed by atoms with Crippen molar-refractivity contribution in [3.8, 4) is 0 Å². The summed E-state index contributed by atoms with van der Waals surface area (Å²) in [5, 5.41) is 0. The molecule has 8 bridgehead atoms. The van der Waals surface area contributed by atoms with Crippen LogP contribution in [0.4, 0.5) is 0 Å². The Morgan fingerprint density at radius 1 is 0.596 bits per heavy atom. The molecule has 0 aromatic carbocycles. The molecule has 0 atom stereocenters. The van der Waals surface area contributed by atoms with Gasteiger partial charge in [0.15, 0.2) is 0 Å². The molecule has 3 aromatic rings. The van der Waals surface area contributed by atoms with E-state index in [1.807, 2.05) is 26.8 Å². The third-order valence-corrected chi connectivity index (χ3v) is 9.12. The Hall–Kier alpha value is -3.94. The molecule has 0 unspecified atom stereocenters. The van der Waals surface area contributed by atoms with Gasteiger partial charge in [-0.05, 0) is 95.6 Å². The van der Waals surface area contributed by atoms with Crippen molar-refractivity contribution < 1.29 is 36.1 Å². The number of carbonyl (C=O) groups is 2. The summed E-state index contributed by atoms with van der Waals surface area (Å²) in [6.07, 6.45) is 3.16. The van der Waals surface area contributed by atoms with Crippen LogP contribution < -0.4 is 9.97 Å². The van der Waals surface area contributed by atoms with Gasteiger partial charge in [-0.2, -0.15) is 0 Å². The third-order valence-electron chi connectivity index (χ3n) is 9.12. The molecule has 2 aliphatic rings. The molecule has 0 saturated carbocycles. The van der Waals surface area contributed by atoms with Crippen molar-refractivity contribution >= 4 is 56.3 Å². The predicted molar refractivity (Wildman–Crippen MR) is 184 cm³/mol. The Balaban J connectivity index is 0.00000500. The normalized spacial score (nSPS) is 12.8. The van der Waals surface area contributed by atoms with Gasteiger partial charge in [-0.25, -0.2) is 9.97 Å². The molecule has 1 radical (unpaired) electrons. The fourth-order valence-corrected chi connectivity index (χ4v) is 6.51. The van der Waals surface area contributed by atoms with Crippen LogP contribution in [0.5, 0.6) is 0 Å². The monoisotopic (exact) mass is 683 g/mol. The Morgan fingerprint density at radius 2 is 1.00 bits per heavy atom. The summed E-state index contributed by atoms with van der Waals surface area (Å²) in [5.74, 6) is -0.478. The maximum absolute atomic E-state index is 12.4. The Labute approximate surface area is 288 Å². The number of aryl methyl sites for hydroxylation is 4. The van der Waals surface area contributed by atoms with Gasteiger partial charge in [-0.1, -0.05) is 54.3 Å². The fraction of sp³-hybridized carbons (Fsp3) is 0.421. The van der Waals surface area contributed by atoms with E-state index in [0.717, 1.165) is 91.1 Å². The number of esters is 2. The van der Waals surface area contributed by atoms with Gasteiger partial charge in [0.2, 0.25) is 0 Å². The van der Waals surface area contributed by atoms with Gasteiger partial charge in [0.05, 0.1) is 36.0 Å². The number of hydrogen-bond acceptors (Lipinski definition) is 6. The van der Waals surface area contributed by atoms with Crippen molar-refractivity contribution in [3.63, 3.8) is 0 Å². The second-order valence-corrected chi connectivity index (χ2v) is 11.8. The van der Waals surface area contributed by atoms with E-state index in [-0.39, 0.29) is 41.8 Å². The number of nitrogens with zero attached hydrogens (tertiary/aromatic N) is 4. The maximum Gasteiger partial charge on any atom is 2.00 e. The number of aromatic nitrogens is 4. The van der Waals surface area contributed by atoms with E-state index in [4.69, 9.17) is 29.4 Å². The molecule has 2 aliphatic heterocycles. The average molecular weight is 684 g/mol. The zero-order valence-electron chi connectivity index (χ0n) is 28.7. The van der Waals surface area contributed by atoms with Gasteiger partial charge in [-0.3, -0.25) is 9.59 Å². The van der Waals surface area contributed by atoms with Crippen LogP contribution in [-0.2, 0) is 49.0 Å². The summed E-state index contributed by atoms with van der Waals surface area (Å²) in [6.45, 7) is 17.0. The minimum atomic E-state index is -0.239. The van der Waals surface area contributed by atoms with Crippen molar-refractivity contribution in [2.45, 2.75) is 93.9 Å². The molecule has 0 spiro atoms. The van der Waals surface area contributed by atoms with E-state index < -0.39 is 0 Å². The van der Waals surface area contributed by atoms with Gasteiger partial charge in [0.1, 0.15) is 0 Å². The second-order valence-electron chi connectivity index (χ2n) is 11.8. The largest absolute Gasteiger partial charge is 2.00 e. The first-order chi connectivity index (χ1) is 22.1. The molecule has 9 heteroatoms. The Morgan fingerprint density at radius 3 is 1.43 bits per heavy atom. The van der Waals surface area contributed by atoms with Gasteiger partial charge >= 0.3 is 29.0 Å². The zero-order valence-corrected chi connectivity index (χ0v) is 29.6. The van der Waals surface area contributed by atoms with Crippen molar-refractivity contribution in [2.75, 3.05) is 13.2 Å². The standard InChI is InChI=1S/C38H44N4O4.Cu/c1-9-25-21(5)29-17-30-23(7)27(13-15-37(43)45-11-3)35(41-30)20-36-28(14-16-38(44)46-12-4)24(8)32(42-36)19-34-26(10-2)22(6)31(40-34)18-33(25)39-29;/h17-20H,9-16H2,1-8H3;/q-2;+2. The molecule has 251 valence electrons. The summed E-state index contributed by atoms with van der Waals surface area (Å²) in [5.41, 5.74) is 15.4. The zero-order chi connectivity index (χ0) is 33.1. The number of rotatable bonds is 10. The van der Waals surface area contributed by atoms with Gasteiger partial charge in [0, 0.05) is 12.8 Å². The Bertz CT molecular complexity index is 1930. The number of hydrogen-bond donors (Lipinski definition) is 0. The Kier molecular flexibility index (Phi) is 11.7. The van der Waals surface area contributed by atoms with E-state index in [1.54, 1.807) is 0 Å². The topological polar surface area (TPSA) is 107 Å². The smallest absolute Gasteiger partial charge is 0.657 e. The molecule has 8 nitrogen and oxygen atoms in total. The number of fused-ring (bicyclic) bond motifs is 8. The van der Waals surface area contributed by atoms with E-state index >= 15 is 0 Å². The van der Waals surface area contributed by atoms with Crippen LogP contribution in [0.25, 0.3) is 44.4 Å². The first-order valence-corrected chi connectivity index (χ1v) is 16.4. The molecule has 0 N–H and O–H groups in total. The van der Waals surface area contributed by atoms with E-state index in [1.165, 1.54) is 11.1 Å². The molecular formula is C38H44CuN4O4. The summed E-state index contributed by atoms with van der Waals surface area (Å²) in [7, 11) is 0. The van der Waals surface area contributed by atoms with Crippen LogP contribution in [0.2, 0.25) is 0 Å². The van der Waals surface area contributed by atoms with E-state index in [0.29, 0.717) is 26.1 Å². The summed E-state index contributed by atoms with van der Waals surface area (Å²) < 4.78 is 10.5. The summed E-state index contributed by atoms with van der Waals surface area (Å²) in [6, 6.07) is 8.23. The minimum absolute atomic E-state index is 0. The van der Waals surface area contributed by atoms with Crippen molar-refractivity contribution in [2.24, 2.45) is 0 Å². The third kappa shape index (κ3) is 7.31. The van der Waals surface area contributed by atoms with Gasteiger partial charge < -0.3 is 19.4 Å². The molecule has 47 heavy (non-hydrogen) atoms. The van der Waals surface area contributed by atoms with Crippen LogP contribution in [0.1, 0.15) is 112 Å². The minimum Gasteiger partial charge on any atom is -0.657 e. The average Bonchev–Trinajstić information content (AvgIpc) is 3.68. The molecule has 3 aromatic heterocycles. The summed E-state index contributed by atoms with van der Waals surface area (Å²) >= 11 is 0. The van der Waals surface area contributed by atoms with Crippen LogP contribution in [-0.4, -0.2) is 35.1 Å². The van der Waals surface area contributed by atoms with Crippen LogP contribution in [0.3, 0.4) is 0 Å². The van der Waals surface area contributed by atoms with Crippen molar-refractivity contribution in [1.29, 1.82) is 0 Å². The molecular weight excluding hydrogens is 640 g/mol. The quantitative estimate of drug-likeness (QED) is 0.157. The first-order valence-electron chi connectivity index (χ1n) is 16.4. The summed E-state index contributed by atoms with van der Waals surface area (Å²) in [4.78, 5) is 45.3. The molecule has 0 saturated heterocycles. The number of carbonyl (C=O) groups excluding carboxylic acids is 2. The van der Waals surface area contributed by atoms with Gasteiger partial charge in [0.25, 0.3) is 0 Å². The van der Waals surface area contributed by atoms with E-state index in [2.05, 4.69) is 52.8 Å². The second kappa shape index (κ2) is 15.3. The predicted octanol–water partition coefficient (Wildman–Crippen LogP) is 7.86. The fourth-order valence-electron chi connectivity index (χ4n) is 6.51. The molecule has 0 amide bonds. The van der Waals surface area contributed by atoms with Crippen molar-refractivity contribution in [3.05, 3.63) is 69.3 Å². The maximum atomic E-state index is 12.4. The SMILES string of the molecule is CCOC(=O)CCc1c(C)c2cc3nc(cc4nc(cc5[n-]c(cc1[n-]2)c(CCC(=O)OCC)c5C)C(CC)=C4C)C(CC)=C3C.[Cu+2]. The van der Waals surface area contributed by atoms with Crippen LogP contribution in [0, 0.1) is 13.8 Å². The molecule has 5 rings (SSSR count). The number of ether oxygens (including phenoxy) is 2. The van der Waals surface area contributed by atoms with Crippen LogP contribution in [0.15, 0.2) is 24.3 Å². The van der Waals surface area contributed by atoms with E-state index in [9.17, 15) is 9.59 Å². The van der Waals surface area contributed by atoms with Crippen LogP contribution >= 0.6 is 0 Å². The molecule has 0 fully saturated rings. The van der Waals surface area contributed by atoms with Crippen molar-refractivity contribution in [1.82, 2.24) is 19.9 Å². The molecule has 0 aliphatic carbocycles. The first kappa shape index (κ1) is 35.9. The molecule has 5 heterocycles.